The monoisotopic (exact) mass is 282 g/mol. The lowest BCUT2D eigenvalue weighted by Gasteiger charge is -2.31. The Morgan fingerprint density at radius 1 is 1.40 bits per heavy atom. The molecule has 0 bridgehead atoms. The van der Waals surface area contributed by atoms with Crippen molar-refractivity contribution in [2.75, 3.05) is 13.2 Å². The third-order valence-electron chi connectivity index (χ3n) is 4.12. The maximum Gasteiger partial charge on any atom is 0.315 e. The summed E-state index contributed by atoms with van der Waals surface area (Å²) >= 11 is 0. The zero-order valence-electron chi connectivity index (χ0n) is 12.6. The molecule has 0 aliphatic carbocycles. The van der Waals surface area contributed by atoms with E-state index in [0.29, 0.717) is 19.5 Å². The van der Waals surface area contributed by atoms with E-state index in [-0.39, 0.29) is 18.1 Å². The fraction of sp³-hybridized carbons (Fsp3) is 0.714. The third-order valence-corrected chi connectivity index (χ3v) is 4.12. The largest absolute Gasteiger partial charge is 0.396 e. The molecule has 0 aromatic carbocycles. The second kappa shape index (κ2) is 7.89. The van der Waals surface area contributed by atoms with Crippen molar-refractivity contribution in [2.45, 2.75) is 39.7 Å². The molecular formula is C14H26N4O2. The van der Waals surface area contributed by atoms with Gasteiger partial charge in [-0.05, 0) is 30.7 Å². The Morgan fingerprint density at radius 3 is 2.60 bits per heavy atom. The minimum absolute atomic E-state index is 0.0153. The van der Waals surface area contributed by atoms with Crippen LogP contribution in [0.4, 0.5) is 4.79 Å². The number of aromatic nitrogens is 2. The van der Waals surface area contributed by atoms with Gasteiger partial charge in [-0.2, -0.15) is 5.10 Å². The average Bonchev–Trinajstić information content (AvgIpc) is 2.87. The van der Waals surface area contributed by atoms with Crippen molar-refractivity contribution in [1.29, 1.82) is 0 Å². The molecule has 0 unspecified atom stereocenters. The van der Waals surface area contributed by atoms with Crippen molar-refractivity contribution in [3.05, 3.63) is 18.0 Å². The number of hydrogen-bond acceptors (Lipinski definition) is 3. The van der Waals surface area contributed by atoms with Gasteiger partial charge in [0.2, 0.25) is 0 Å². The molecule has 0 saturated heterocycles. The summed E-state index contributed by atoms with van der Waals surface area (Å²) < 4.78 is 1.73. The van der Waals surface area contributed by atoms with E-state index in [9.17, 15) is 4.79 Å². The minimum Gasteiger partial charge on any atom is -0.396 e. The Balaban J connectivity index is 2.40. The Morgan fingerprint density at radius 2 is 2.10 bits per heavy atom. The van der Waals surface area contributed by atoms with E-state index in [2.05, 4.69) is 29.6 Å². The molecule has 6 nitrogen and oxygen atoms in total. The number of nitrogens with zero attached hydrogens (tertiary/aromatic N) is 2. The van der Waals surface area contributed by atoms with Gasteiger partial charge in [0, 0.05) is 26.4 Å². The van der Waals surface area contributed by atoms with Crippen LogP contribution in [0, 0.1) is 5.41 Å². The van der Waals surface area contributed by atoms with Crippen LogP contribution in [0.25, 0.3) is 0 Å². The van der Waals surface area contributed by atoms with Gasteiger partial charge >= 0.3 is 6.03 Å². The molecule has 3 N–H and O–H groups in total. The Bertz CT molecular complexity index is 413. The summed E-state index contributed by atoms with van der Waals surface area (Å²) in [6, 6.07) is 1.68. The highest BCUT2D eigenvalue weighted by Gasteiger charge is 2.25. The van der Waals surface area contributed by atoms with Gasteiger partial charge in [0.25, 0.3) is 0 Å². The molecule has 0 saturated carbocycles. The van der Waals surface area contributed by atoms with Crippen LogP contribution < -0.4 is 10.6 Å². The molecular weight excluding hydrogens is 256 g/mol. The van der Waals surface area contributed by atoms with Gasteiger partial charge in [-0.1, -0.05) is 13.8 Å². The van der Waals surface area contributed by atoms with Gasteiger partial charge in [-0.25, -0.2) is 4.79 Å². The van der Waals surface area contributed by atoms with Crippen molar-refractivity contribution < 1.29 is 9.90 Å². The lowest BCUT2D eigenvalue weighted by molar-refractivity contribution is 0.163. The molecule has 0 atom stereocenters. The summed E-state index contributed by atoms with van der Waals surface area (Å²) in [5.74, 6) is 0. The second-order valence-corrected chi connectivity index (χ2v) is 5.16. The van der Waals surface area contributed by atoms with Crippen molar-refractivity contribution in [2.24, 2.45) is 12.5 Å². The number of carbonyl (C=O) groups excluding carboxylic acids is 1. The molecule has 1 rings (SSSR count). The molecule has 20 heavy (non-hydrogen) atoms. The molecule has 0 aliphatic heterocycles. The van der Waals surface area contributed by atoms with E-state index < -0.39 is 0 Å². The smallest absolute Gasteiger partial charge is 0.315 e. The number of hydrogen-bond donors (Lipinski definition) is 3. The van der Waals surface area contributed by atoms with E-state index in [0.717, 1.165) is 18.5 Å². The molecule has 0 fully saturated rings. The zero-order valence-corrected chi connectivity index (χ0v) is 12.6. The molecule has 6 heteroatoms. The van der Waals surface area contributed by atoms with E-state index >= 15 is 0 Å². The lowest BCUT2D eigenvalue weighted by atomic mass is 9.79. The van der Waals surface area contributed by atoms with Crippen LogP contribution in [0.5, 0.6) is 0 Å². The van der Waals surface area contributed by atoms with E-state index in [1.807, 2.05) is 13.1 Å². The predicted molar refractivity (Wildman–Crippen MR) is 78.2 cm³/mol. The van der Waals surface area contributed by atoms with Crippen LogP contribution >= 0.6 is 0 Å². The first kappa shape index (κ1) is 16.5. The van der Waals surface area contributed by atoms with Gasteiger partial charge in [0.15, 0.2) is 0 Å². The highest BCUT2D eigenvalue weighted by atomic mass is 16.3. The summed E-state index contributed by atoms with van der Waals surface area (Å²) in [7, 11) is 1.84. The predicted octanol–water partition coefficient (Wildman–Crippen LogP) is 1.41. The number of urea groups is 1. The van der Waals surface area contributed by atoms with Gasteiger partial charge < -0.3 is 15.7 Å². The molecule has 0 spiro atoms. The lowest BCUT2D eigenvalue weighted by Crippen LogP contribution is -2.42. The Labute approximate surface area is 120 Å². The average molecular weight is 282 g/mol. The standard InChI is InChI=1S/C14H26N4O2/c1-4-14(5-2,7-9-19)11-16-13(20)15-10-12-6-8-17-18(12)3/h6,8,19H,4-5,7,9-11H2,1-3H3,(H2,15,16,20). The van der Waals surface area contributed by atoms with Crippen LogP contribution in [-0.4, -0.2) is 34.1 Å². The second-order valence-electron chi connectivity index (χ2n) is 5.16. The normalized spacial score (nSPS) is 11.4. The first-order valence-electron chi connectivity index (χ1n) is 7.16. The molecule has 1 aromatic heterocycles. The molecule has 2 amide bonds. The zero-order chi connectivity index (χ0) is 15.0. The fourth-order valence-corrected chi connectivity index (χ4v) is 2.25. The summed E-state index contributed by atoms with van der Waals surface area (Å²) in [5.41, 5.74) is 0.936. The van der Waals surface area contributed by atoms with Crippen molar-refractivity contribution in [3.8, 4) is 0 Å². The number of carbonyl (C=O) groups is 1. The summed E-state index contributed by atoms with van der Waals surface area (Å²) in [6.45, 7) is 5.37. The number of rotatable bonds is 8. The van der Waals surface area contributed by atoms with Crippen LogP contribution in [0.15, 0.2) is 12.3 Å². The van der Waals surface area contributed by atoms with Gasteiger partial charge in [-0.15, -0.1) is 0 Å². The molecule has 0 aliphatic rings. The number of nitrogens with one attached hydrogen (secondary N) is 2. The SMILES string of the molecule is CCC(CC)(CCO)CNC(=O)NCc1ccnn1C. The fourth-order valence-electron chi connectivity index (χ4n) is 2.25. The maximum absolute atomic E-state index is 11.8. The number of amides is 2. The van der Waals surface area contributed by atoms with Crippen molar-refractivity contribution in [1.82, 2.24) is 20.4 Å². The topological polar surface area (TPSA) is 79.2 Å². The molecule has 1 heterocycles. The number of aliphatic hydroxyl groups excluding tert-OH is 1. The Hall–Kier alpha value is -1.56. The summed E-state index contributed by atoms with van der Waals surface area (Å²) in [6.07, 6.45) is 4.29. The quantitative estimate of drug-likeness (QED) is 0.674. The molecule has 0 radical (unpaired) electrons. The van der Waals surface area contributed by atoms with Crippen LogP contribution in [0.1, 0.15) is 38.8 Å². The van der Waals surface area contributed by atoms with Crippen LogP contribution in [0.3, 0.4) is 0 Å². The summed E-state index contributed by atoms with van der Waals surface area (Å²) in [5, 5.41) is 18.9. The van der Waals surface area contributed by atoms with Crippen molar-refractivity contribution >= 4 is 6.03 Å². The van der Waals surface area contributed by atoms with Crippen LogP contribution in [0.2, 0.25) is 0 Å². The van der Waals surface area contributed by atoms with Crippen molar-refractivity contribution in [3.63, 3.8) is 0 Å². The third kappa shape index (κ3) is 4.52. The van der Waals surface area contributed by atoms with E-state index in [1.54, 1.807) is 10.9 Å². The van der Waals surface area contributed by atoms with E-state index in [1.165, 1.54) is 0 Å². The number of aliphatic hydroxyl groups is 1. The van der Waals surface area contributed by atoms with Gasteiger partial charge in [0.1, 0.15) is 0 Å². The summed E-state index contributed by atoms with van der Waals surface area (Å²) in [4.78, 5) is 11.8. The van der Waals surface area contributed by atoms with Crippen LogP contribution in [-0.2, 0) is 13.6 Å². The van der Waals surface area contributed by atoms with E-state index in [4.69, 9.17) is 5.11 Å². The maximum atomic E-state index is 11.8. The molecule has 1 aromatic rings. The van der Waals surface area contributed by atoms with Gasteiger partial charge in [0.05, 0.1) is 12.2 Å². The highest BCUT2D eigenvalue weighted by molar-refractivity contribution is 5.73. The molecule has 114 valence electrons. The first-order valence-corrected chi connectivity index (χ1v) is 7.16. The Kier molecular flexibility index (Phi) is 6.51. The highest BCUT2D eigenvalue weighted by Crippen LogP contribution is 2.29. The number of aryl methyl sites for hydroxylation is 1. The minimum atomic E-state index is -0.185. The first-order chi connectivity index (χ1) is 9.56. The van der Waals surface area contributed by atoms with Gasteiger partial charge in [-0.3, -0.25) is 4.68 Å².